The third-order valence-electron chi connectivity index (χ3n) is 8.50. The van der Waals surface area contributed by atoms with E-state index in [9.17, 15) is 27.7 Å². The third-order valence-corrected chi connectivity index (χ3v) is 9.49. The standard InChI is InChI=1S/C31H38F2N5O6P/c1-30(2,3)26(35-27(39)24-19-20-18-21(11-12-23(20)34-24)31(32,33)45(42,43)44)29(41)38-13-7-10-25(38)28(40)37-16-14-36(15-17-37)22-8-5-4-6-9-22/h4-6,8-9,11-12,18-19,25-26,34H,7,10,13-17H2,1-3H3,(H,35,39)(H2,42,43,44). The molecule has 2 unspecified atom stereocenters. The minimum absolute atomic E-state index is 0.0194. The molecule has 3 aromatic rings. The molecule has 3 amide bonds. The molecule has 1 aromatic heterocycles. The summed E-state index contributed by atoms with van der Waals surface area (Å²) in [7, 11) is -5.77. The summed E-state index contributed by atoms with van der Waals surface area (Å²) in [5.74, 6) is -1.15. The highest BCUT2D eigenvalue weighted by molar-refractivity contribution is 7.52. The second-order valence-electron chi connectivity index (χ2n) is 12.7. The third kappa shape index (κ3) is 6.61. The van der Waals surface area contributed by atoms with Gasteiger partial charge in [0.2, 0.25) is 11.8 Å². The van der Waals surface area contributed by atoms with E-state index in [1.54, 1.807) is 30.6 Å². The summed E-state index contributed by atoms with van der Waals surface area (Å²) in [6.45, 7) is 8.21. The molecule has 0 aliphatic carbocycles. The van der Waals surface area contributed by atoms with Crippen molar-refractivity contribution in [3.63, 3.8) is 0 Å². The summed E-state index contributed by atoms with van der Waals surface area (Å²) in [6.07, 6.45) is 1.18. The minimum Gasteiger partial charge on any atom is -0.368 e. The number of likely N-dealkylation sites (tertiary alicyclic amines) is 1. The van der Waals surface area contributed by atoms with Crippen molar-refractivity contribution in [1.29, 1.82) is 0 Å². The van der Waals surface area contributed by atoms with Gasteiger partial charge >= 0.3 is 13.3 Å². The molecule has 0 bridgehead atoms. The summed E-state index contributed by atoms with van der Waals surface area (Å²) >= 11 is 0. The number of amides is 3. The zero-order chi connectivity index (χ0) is 32.7. The highest BCUT2D eigenvalue weighted by atomic mass is 31.2. The van der Waals surface area contributed by atoms with Gasteiger partial charge in [0.25, 0.3) is 5.91 Å². The zero-order valence-electron chi connectivity index (χ0n) is 25.4. The maximum absolute atomic E-state index is 14.3. The Labute approximate surface area is 259 Å². The number of nitrogens with zero attached hydrogens (tertiary/aromatic N) is 3. The van der Waals surface area contributed by atoms with Gasteiger partial charge in [0.1, 0.15) is 17.8 Å². The molecule has 2 fully saturated rings. The number of fused-ring (bicyclic) bond motifs is 1. The Morgan fingerprint density at radius 2 is 1.64 bits per heavy atom. The lowest BCUT2D eigenvalue weighted by atomic mass is 9.85. The van der Waals surface area contributed by atoms with Crippen molar-refractivity contribution < 1.29 is 37.5 Å². The molecular formula is C31H38F2N5O6P. The van der Waals surface area contributed by atoms with Crippen LogP contribution in [0.25, 0.3) is 10.9 Å². The van der Waals surface area contributed by atoms with Crippen LogP contribution in [0.2, 0.25) is 0 Å². The lowest BCUT2D eigenvalue weighted by Gasteiger charge is -2.39. The van der Waals surface area contributed by atoms with E-state index in [4.69, 9.17) is 9.79 Å². The SMILES string of the molecule is CC(C)(C)C(NC(=O)c1cc2cc(C(F)(F)P(=O)(O)O)ccc2[nH]1)C(=O)N1CCCC1C(=O)N1CCN(c2ccccc2)CC1. The molecule has 4 N–H and O–H groups in total. The van der Waals surface area contributed by atoms with E-state index < -0.39 is 42.2 Å². The Bertz CT molecular complexity index is 1630. The zero-order valence-corrected chi connectivity index (χ0v) is 26.3. The number of rotatable bonds is 7. The molecule has 3 heterocycles. The number of halogens is 2. The Hall–Kier alpha value is -3.80. The molecule has 0 radical (unpaired) electrons. The monoisotopic (exact) mass is 645 g/mol. The van der Waals surface area contributed by atoms with Crippen LogP contribution in [0.4, 0.5) is 14.5 Å². The van der Waals surface area contributed by atoms with Gasteiger partial charge in [-0.2, -0.15) is 8.78 Å². The summed E-state index contributed by atoms with van der Waals surface area (Å²) in [6, 6.07) is 12.6. The van der Waals surface area contributed by atoms with Gasteiger partial charge < -0.3 is 34.8 Å². The topological polar surface area (TPSA) is 146 Å². The minimum atomic E-state index is -5.77. The van der Waals surface area contributed by atoms with Crippen molar-refractivity contribution >= 4 is 41.9 Å². The molecule has 2 aliphatic heterocycles. The second-order valence-corrected chi connectivity index (χ2v) is 14.3. The Morgan fingerprint density at radius 1 is 0.978 bits per heavy atom. The average Bonchev–Trinajstić information content (AvgIpc) is 3.66. The van der Waals surface area contributed by atoms with E-state index in [0.717, 1.165) is 17.8 Å². The van der Waals surface area contributed by atoms with Crippen molar-refractivity contribution in [3.8, 4) is 0 Å². The van der Waals surface area contributed by atoms with Crippen molar-refractivity contribution in [1.82, 2.24) is 20.1 Å². The highest BCUT2D eigenvalue weighted by Gasteiger charge is 2.50. The van der Waals surface area contributed by atoms with Crippen molar-refractivity contribution in [2.24, 2.45) is 5.41 Å². The molecule has 11 nitrogen and oxygen atoms in total. The first-order chi connectivity index (χ1) is 21.1. The van der Waals surface area contributed by atoms with Crippen molar-refractivity contribution in [2.45, 2.75) is 51.4 Å². The lowest BCUT2D eigenvalue weighted by Crippen LogP contribution is -2.59. The van der Waals surface area contributed by atoms with Gasteiger partial charge in [-0.3, -0.25) is 18.9 Å². The number of para-hydroxylation sites is 1. The Morgan fingerprint density at radius 3 is 2.27 bits per heavy atom. The maximum atomic E-state index is 14.3. The number of alkyl halides is 2. The van der Waals surface area contributed by atoms with E-state index >= 15 is 0 Å². The van der Waals surface area contributed by atoms with Crippen molar-refractivity contribution in [2.75, 3.05) is 37.6 Å². The lowest BCUT2D eigenvalue weighted by molar-refractivity contribution is -0.146. The molecule has 2 aromatic carbocycles. The fraction of sp³-hybridized carbons (Fsp3) is 0.452. The molecular weight excluding hydrogens is 607 g/mol. The molecule has 45 heavy (non-hydrogen) atoms. The predicted molar refractivity (Wildman–Crippen MR) is 165 cm³/mol. The number of carbonyl (C=O) groups is 3. The normalized spacial score (nSPS) is 18.7. The molecule has 5 rings (SSSR count). The van der Waals surface area contributed by atoms with Crippen LogP contribution in [0.15, 0.2) is 54.6 Å². The number of aromatic amines is 1. The van der Waals surface area contributed by atoms with Gasteiger partial charge in [-0.1, -0.05) is 45.0 Å². The molecule has 0 saturated carbocycles. The Balaban J connectivity index is 1.29. The van der Waals surface area contributed by atoms with E-state index in [0.29, 0.717) is 51.1 Å². The van der Waals surface area contributed by atoms with E-state index in [2.05, 4.69) is 15.2 Å². The first kappa shape index (κ1) is 32.6. The summed E-state index contributed by atoms with van der Waals surface area (Å²) in [5, 5.41) is 2.92. The molecule has 0 spiro atoms. The van der Waals surface area contributed by atoms with Gasteiger partial charge in [0, 0.05) is 54.9 Å². The number of aromatic nitrogens is 1. The molecule has 14 heteroatoms. The van der Waals surface area contributed by atoms with Gasteiger partial charge in [0.15, 0.2) is 0 Å². The first-order valence-electron chi connectivity index (χ1n) is 14.8. The van der Waals surface area contributed by atoms with Crippen LogP contribution in [-0.2, 0) is 19.8 Å². The van der Waals surface area contributed by atoms with E-state index in [1.165, 1.54) is 12.1 Å². The highest BCUT2D eigenvalue weighted by Crippen LogP contribution is 2.59. The van der Waals surface area contributed by atoms with Crippen LogP contribution in [0.5, 0.6) is 0 Å². The maximum Gasteiger partial charge on any atom is 0.399 e. The summed E-state index contributed by atoms with van der Waals surface area (Å²) in [4.78, 5) is 67.6. The molecule has 242 valence electrons. The quantitative estimate of drug-likeness (QED) is 0.286. The number of hydrogen-bond acceptors (Lipinski definition) is 5. The Kier molecular flexibility index (Phi) is 8.82. The molecule has 2 aliphatic rings. The smallest absolute Gasteiger partial charge is 0.368 e. The van der Waals surface area contributed by atoms with E-state index in [-0.39, 0.29) is 22.9 Å². The first-order valence-corrected chi connectivity index (χ1v) is 16.5. The van der Waals surface area contributed by atoms with E-state index in [1.807, 2.05) is 30.3 Å². The number of benzene rings is 2. The second kappa shape index (κ2) is 12.2. The number of hydrogen-bond donors (Lipinski definition) is 4. The average molecular weight is 646 g/mol. The van der Waals surface area contributed by atoms with Gasteiger partial charge in [-0.15, -0.1) is 0 Å². The largest absolute Gasteiger partial charge is 0.399 e. The van der Waals surface area contributed by atoms with Crippen LogP contribution < -0.4 is 10.2 Å². The van der Waals surface area contributed by atoms with Crippen LogP contribution in [-0.4, -0.2) is 87.1 Å². The van der Waals surface area contributed by atoms with Crippen LogP contribution >= 0.6 is 7.60 Å². The van der Waals surface area contributed by atoms with Gasteiger partial charge in [-0.05, 0) is 48.6 Å². The molecule has 2 atom stereocenters. The number of anilines is 1. The fourth-order valence-corrected chi connectivity index (χ4v) is 6.43. The number of H-pyrrole nitrogens is 1. The number of piperazine rings is 1. The number of nitrogens with one attached hydrogen (secondary N) is 2. The van der Waals surface area contributed by atoms with Gasteiger partial charge in [-0.25, -0.2) is 0 Å². The number of carbonyl (C=O) groups excluding carboxylic acids is 3. The summed E-state index contributed by atoms with van der Waals surface area (Å²) < 4.78 is 39.9. The fourth-order valence-electron chi connectivity index (χ4n) is 5.96. The summed E-state index contributed by atoms with van der Waals surface area (Å²) in [5.41, 5.74) is -4.65. The van der Waals surface area contributed by atoms with Crippen LogP contribution in [0, 0.1) is 5.41 Å². The van der Waals surface area contributed by atoms with Crippen LogP contribution in [0.3, 0.4) is 0 Å². The van der Waals surface area contributed by atoms with Crippen LogP contribution in [0.1, 0.15) is 49.7 Å². The predicted octanol–water partition coefficient (Wildman–Crippen LogP) is 3.88. The van der Waals surface area contributed by atoms with Gasteiger partial charge in [0.05, 0.1) is 0 Å². The van der Waals surface area contributed by atoms with Crippen molar-refractivity contribution in [3.05, 3.63) is 65.9 Å². The molecule has 2 saturated heterocycles.